The maximum Gasteiger partial charge on any atom is 0.334 e. The smallest absolute Gasteiger partial charge is 0.334 e. The summed E-state index contributed by atoms with van der Waals surface area (Å²) in [6.45, 7) is 1.79. The number of fused-ring (bicyclic) bond motifs is 1. The van der Waals surface area contributed by atoms with Gasteiger partial charge in [0.1, 0.15) is 11.5 Å². The lowest BCUT2D eigenvalue weighted by Gasteiger charge is -2.12. The fraction of sp³-hybridized carbons (Fsp3) is 0.0476. The maximum atomic E-state index is 13.1. The van der Waals surface area contributed by atoms with Crippen molar-refractivity contribution in [2.24, 2.45) is 0 Å². The Morgan fingerprint density at radius 3 is 2.24 bits per heavy atom. The first-order chi connectivity index (χ1) is 12.1. The average Bonchev–Trinajstić information content (AvgIpc) is 2.66. The molecule has 3 aromatic carbocycles. The number of aryl methyl sites for hydroxylation is 1. The van der Waals surface area contributed by atoms with E-state index >= 15 is 0 Å². The van der Waals surface area contributed by atoms with Crippen LogP contribution in [-0.2, 0) is 0 Å². The molecule has 3 nitrogen and oxygen atoms in total. The second kappa shape index (κ2) is 5.98. The van der Waals surface area contributed by atoms with Crippen LogP contribution in [-0.4, -0.2) is 4.98 Å². The van der Waals surface area contributed by atoms with Gasteiger partial charge in [-0.15, -0.1) is 0 Å². The van der Waals surface area contributed by atoms with Crippen LogP contribution in [0.15, 0.2) is 72.8 Å². The Labute approximate surface area is 144 Å². The predicted molar refractivity (Wildman–Crippen MR) is 96.3 cm³/mol. The van der Waals surface area contributed by atoms with Crippen molar-refractivity contribution in [2.45, 2.75) is 6.92 Å². The normalized spacial score (nSPS) is 11.0. The second-order valence-corrected chi connectivity index (χ2v) is 5.92. The van der Waals surface area contributed by atoms with Gasteiger partial charge < -0.3 is 5.21 Å². The lowest BCUT2D eigenvalue weighted by atomic mass is 10.0. The van der Waals surface area contributed by atoms with Crippen LogP contribution in [0.3, 0.4) is 0 Å². The molecule has 0 amide bonds. The van der Waals surface area contributed by atoms with Gasteiger partial charge in [0.25, 0.3) is 0 Å². The molecule has 0 bridgehead atoms. The Kier molecular flexibility index (Phi) is 3.65. The van der Waals surface area contributed by atoms with E-state index in [-0.39, 0.29) is 5.82 Å². The Bertz CT molecular complexity index is 1060. The molecule has 0 saturated heterocycles. The third kappa shape index (κ3) is 2.72. The summed E-state index contributed by atoms with van der Waals surface area (Å²) in [7, 11) is 0. The van der Waals surface area contributed by atoms with E-state index < -0.39 is 0 Å². The van der Waals surface area contributed by atoms with E-state index in [4.69, 9.17) is 0 Å². The van der Waals surface area contributed by atoms with E-state index in [1.807, 2.05) is 48.5 Å². The van der Waals surface area contributed by atoms with Crippen LogP contribution in [0.4, 0.5) is 4.39 Å². The topological polar surface area (TPSA) is 39.8 Å². The van der Waals surface area contributed by atoms with Crippen molar-refractivity contribution in [3.63, 3.8) is 0 Å². The van der Waals surface area contributed by atoms with Gasteiger partial charge in [-0.1, -0.05) is 30.3 Å². The summed E-state index contributed by atoms with van der Waals surface area (Å²) in [6.07, 6.45) is 0. The quantitative estimate of drug-likeness (QED) is 0.396. The van der Waals surface area contributed by atoms with Crippen LogP contribution in [0.2, 0.25) is 0 Å². The number of rotatable bonds is 2. The first kappa shape index (κ1) is 15.3. The van der Waals surface area contributed by atoms with Crippen molar-refractivity contribution in [2.75, 3.05) is 0 Å². The Balaban J connectivity index is 1.89. The van der Waals surface area contributed by atoms with Crippen LogP contribution in [0.5, 0.6) is 0 Å². The molecule has 0 unspecified atom stereocenters. The summed E-state index contributed by atoms with van der Waals surface area (Å²) < 4.78 is 14.0. The second-order valence-electron chi connectivity index (χ2n) is 5.92. The van der Waals surface area contributed by atoms with E-state index in [0.717, 1.165) is 32.3 Å². The molecule has 25 heavy (non-hydrogen) atoms. The molecule has 0 saturated carbocycles. The minimum Gasteiger partial charge on any atom is -0.710 e. The van der Waals surface area contributed by atoms with Crippen molar-refractivity contribution >= 4 is 10.9 Å². The Hall–Kier alpha value is -3.27. The maximum absolute atomic E-state index is 13.1. The largest absolute Gasteiger partial charge is 0.710 e. The zero-order valence-corrected chi connectivity index (χ0v) is 13.6. The standard InChI is InChI=1S/C21H15FN2O/c1-14-19-13-17(15-7-10-18(22)11-8-15)9-12-20(19)23-21(24(14)25)16-5-3-2-4-6-16/h2-13H,1H3. The minimum absolute atomic E-state index is 0.271. The number of nitrogens with zero attached hydrogens (tertiary/aromatic N) is 2. The van der Waals surface area contributed by atoms with Gasteiger partial charge in [-0.05, 0) is 65.5 Å². The zero-order valence-electron chi connectivity index (χ0n) is 13.6. The fourth-order valence-electron chi connectivity index (χ4n) is 2.94. The first-order valence-electron chi connectivity index (χ1n) is 7.99. The molecule has 0 atom stereocenters. The summed E-state index contributed by atoms with van der Waals surface area (Å²) in [5.41, 5.74) is 3.95. The minimum atomic E-state index is -0.271. The van der Waals surface area contributed by atoms with Crippen LogP contribution in [0, 0.1) is 17.9 Å². The molecule has 4 heteroatoms. The lowest BCUT2D eigenvalue weighted by Crippen LogP contribution is -2.34. The summed E-state index contributed by atoms with van der Waals surface area (Å²) >= 11 is 0. The van der Waals surface area contributed by atoms with Gasteiger partial charge in [0.15, 0.2) is 5.52 Å². The first-order valence-corrected chi connectivity index (χ1v) is 7.99. The molecular formula is C21H15FN2O. The monoisotopic (exact) mass is 330 g/mol. The molecule has 0 aliphatic heterocycles. The summed E-state index contributed by atoms with van der Waals surface area (Å²) in [4.78, 5) is 4.55. The molecule has 122 valence electrons. The van der Waals surface area contributed by atoms with E-state index in [1.165, 1.54) is 12.1 Å². The highest BCUT2D eigenvalue weighted by atomic mass is 19.1. The van der Waals surface area contributed by atoms with Crippen molar-refractivity contribution in [3.05, 3.63) is 89.5 Å². The van der Waals surface area contributed by atoms with E-state index in [2.05, 4.69) is 4.98 Å². The van der Waals surface area contributed by atoms with Gasteiger partial charge >= 0.3 is 5.82 Å². The number of benzene rings is 3. The molecule has 0 spiro atoms. The Morgan fingerprint density at radius 2 is 1.52 bits per heavy atom. The van der Waals surface area contributed by atoms with Crippen molar-refractivity contribution in [1.82, 2.24) is 4.98 Å². The van der Waals surface area contributed by atoms with Crippen LogP contribution in [0.1, 0.15) is 5.69 Å². The molecule has 0 aliphatic carbocycles. The zero-order chi connectivity index (χ0) is 17.4. The Morgan fingerprint density at radius 1 is 0.840 bits per heavy atom. The summed E-state index contributed by atoms with van der Waals surface area (Å²) in [6, 6.07) is 21.5. The van der Waals surface area contributed by atoms with Crippen molar-refractivity contribution < 1.29 is 9.12 Å². The molecular weight excluding hydrogens is 315 g/mol. The number of aromatic nitrogens is 2. The highest BCUT2D eigenvalue weighted by Crippen LogP contribution is 2.26. The molecule has 4 aromatic rings. The van der Waals surface area contributed by atoms with Gasteiger partial charge in [0, 0.05) is 0 Å². The predicted octanol–water partition coefficient (Wildman–Crippen LogP) is 4.65. The van der Waals surface area contributed by atoms with Gasteiger partial charge in [-0.25, -0.2) is 9.12 Å². The highest BCUT2D eigenvalue weighted by molar-refractivity contribution is 5.86. The number of hydrogen-bond donors (Lipinski definition) is 0. The van der Waals surface area contributed by atoms with Crippen molar-refractivity contribution in [1.29, 1.82) is 0 Å². The van der Waals surface area contributed by atoms with E-state index in [1.54, 1.807) is 19.1 Å². The molecule has 0 N–H and O–H groups in total. The average molecular weight is 330 g/mol. The fourth-order valence-corrected chi connectivity index (χ4v) is 2.94. The number of halogens is 1. The summed E-state index contributed by atoms with van der Waals surface area (Å²) in [5, 5.41) is 13.5. The highest BCUT2D eigenvalue weighted by Gasteiger charge is 2.17. The van der Waals surface area contributed by atoms with Crippen LogP contribution >= 0.6 is 0 Å². The summed E-state index contributed by atoms with van der Waals surface area (Å²) in [5.74, 6) is 0.118. The molecule has 0 aliphatic rings. The molecule has 1 aromatic heterocycles. The molecule has 0 fully saturated rings. The number of hydrogen-bond acceptors (Lipinski definition) is 2. The third-order valence-corrected chi connectivity index (χ3v) is 4.32. The van der Waals surface area contributed by atoms with Gasteiger partial charge in [-0.3, -0.25) is 0 Å². The molecule has 1 heterocycles. The lowest BCUT2D eigenvalue weighted by molar-refractivity contribution is -0.601. The van der Waals surface area contributed by atoms with E-state index in [0.29, 0.717) is 11.5 Å². The third-order valence-electron chi connectivity index (χ3n) is 4.32. The van der Waals surface area contributed by atoms with Gasteiger partial charge in [-0.2, -0.15) is 0 Å². The molecule has 0 radical (unpaired) electrons. The van der Waals surface area contributed by atoms with Crippen LogP contribution < -0.4 is 4.73 Å². The van der Waals surface area contributed by atoms with Gasteiger partial charge in [0.05, 0.1) is 10.9 Å². The van der Waals surface area contributed by atoms with Crippen LogP contribution in [0.25, 0.3) is 33.4 Å². The van der Waals surface area contributed by atoms with Gasteiger partial charge in [0.2, 0.25) is 0 Å². The van der Waals surface area contributed by atoms with Crippen molar-refractivity contribution in [3.8, 4) is 22.5 Å². The van der Waals surface area contributed by atoms with E-state index in [9.17, 15) is 9.60 Å². The molecule has 4 rings (SSSR count). The SMILES string of the molecule is Cc1c2cc(-c3ccc(F)cc3)ccc2nc(-c2ccccc2)[n+]1[O-].